The zero-order chi connectivity index (χ0) is 25.5. The van der Waals surface area contributed by atoms with Crippen LogP contribution < -0.4 is 10.2 Å². The van der Waals surface area contributed by atoms with Gasteiger partial charge in [-0.2, -0.15) is 0 Å². The molecule has 0 radical (unpaired) electrons. The number of anilines is 2. The highest BCUT2D eigenvalue weighted by atomic mass is 32.1. The summed E-state index contributed by atoms with van der Waals surface area (Å²) in [7, 11) is 0. The molecule has 0 bridgehead atoms. The van der Waals surface area contributed by atoms with Crippen LogP contribution in [0.3, 0.4) is 0 Å². The highest BCUT2D eigenvalue weighted by Gasteiger charge is 2.29. The predicted octanol–water partition coefficient (Wildman–Crippen LogP) is 6.10. The molecule has 5 nitrogen and oxygen atoms in total. The number of amides is 2. The smallest absolute Gasteiger partial charge is 0.244 e. The second-order valence-corrected chi connectivity index (χ2v) is 9.31. The Hall–Kier alpha value is -4.10. The molecule has 0 saturated carbocycles. The summed E-state index contributed by atoms with van der Waals surface area (Å²) in [6.45, 7) is 3.86. The number of carbonyl (C=O) groups excluding carboxylic acids is 2. The molecular weight excluding hydrogens is 473 g/mol. The highest BCUT2D eigenvalue weighted by molar-refractivity contribution is 7.14. The summed E-state index contributed by atoms with van der Waals surface area (Å²) in [6.07, 6.45) is 2.99. The lowest BCUT2D eigenvalue weighted by Gasteiger charge is -2.31. The Balaban J connectivity index is 1.48. The molecule has 0 atom stereocenters. The molecule has 0 spiro atoms. The van der Waals surface area contributed by atoms with Gasteiger partial charge < -0.3 is 5.32 Å². The van der Waals surface area contributed by atoms with Crippen molar-refractivity contribution in [3.63, 3.8) is 0 Å². The molecule has 4 aromatic rings. The van der Waals surface area contributed by atoms with Crippen molar-refractivity contribution in [2.75, 3.05) is 11.4 Å². The number of nitrogens with zero attached hydrogens (tertiary/aromatic N) is 2. The summed E-state index contributed by atoms with van der Waals surface area (Å²) in [5, 5.41) is 5.05. The van der Waals surface area contributed by atoms with Gasteiger partial charge in [0.25, 0.3) is 0 Å². The lowest BCUT2D eigenvalue weighted by Crippen LogP contribution is -2.39. The summed E-state index contributed by atoms with van der Waals surface area (Å²) >= 11 is 1.20. The second-order valence-electron chi connectivity index (χ2n) is 8.48. The Morgan fingerprint density at radius 1 is 0.972 bits per heavy atom. The van der Waals surface area contributed by atoms with Gasteiger partial charge >= 0.3 is 0 Å². The van der Waals surface area contributed by atoms with E-state index in [0.29, 0.717) is 17.4 Å². The molecular formula is C29H26FN3O2S. The maximum Gasteiger partial charge on any atom is 0.244 e. The van der Waals surface area contributed by atoms with Gasteiger partial charge in [0.1, 0.15) is 5.82 Å². The summed E-state index contributed by atoms with van der Waals surface area (Å²) < 4.78 is 14.3. The summed E-state index contributed by atoms with van der Waals surface area (Å²) in [6, 6.07) is 26.2. The number of aromatic nitrogens is 1. The van der Waals surface area contributed by atoms with E-state index in [0.717, 1.165) is 11.1 Å². The number of carbonyl (C=O) groups is 2. The van der Waals surface area contributed by atoms with Crippen LogP contribution in [0.25, 0.3) is 6.08 Å². The Morgan fingerprint density at radius 2 is 1.56 bits per heavy atom. The number of nitrogens with one attached hydrogen (secondary N) is 1. The molecule has 1 aromatic heterocycles. The molecule has 182 valence electrons. The molecule has 0 fully saturated rings. The Kier molecular flexibility index (Phi) is 7.71. The van der Waals surface area contributed by atoms with Crippen molar-refractivity contribution in [2.45, 2.75) is 19.3 Å². The van der Waals surface area contributed by atoms with E-state index >= 15 is 0 Å². The van der Waals surface area contributed by atoms with Crippen LogP contribution in [-0.4, -0.2) is 23.3 Å². The Morgan fingerprint density at radius 3 is 2.14 bits per heavy atom. The second kappa shape index (κ2) is 11.1. The average Bonchev–Trinajstić information content (AvgIpc) is 3.36. The molecule has 7 heteroatoms. The van der Waals surface area contributed by atoms with E-state index in [9.17, 15) is 14.0 Å². The lowest BCUT2D eigenvalue weighted by molar-refractivity contribution is -0.117. The first-order valence-corrected chi connectivity index (χ1v) is 12.3. The normalized spacial score (nSPS) is 11.4. The van der Waals surface area contributed by atoms with Gasteiger partial charge in [-0.05, 0) is 36.3 Å². The third kappa shape index (κ3) is 5.58. The molecule has 0 aliphatic rings. The van der Waals surface area contributed by atoms with Crippen molar-refractivity contribution in [2.24, 2.45) is 0 Å². The molecule has 0 unspecified atom stereocenters. The molecule has 1 heterocycles. The standard InChI is InChI=1S/C29H26FN3O2S/c1-21(34)33(26-16-10-9-15-25(26)30)28-32-24(19-36-28)17-18-27(35)31-20-29(2,22-11-5-3-6-12-22)23-13-7-4-8-14-23/h3-19H,20H2,1-2H3,(H,31,35)/b18-17+. The first-order chi connectivity index (χ1) is 17.4. The zero-order valence-electron chi connectivity index (χ0n) is 20.0. The number of para-hydroxylation sites is 1. The third-order valence-electron chi connectivity index (χ3n) is 5.95. The average molecular weight is 500 g/mol. The fourth-order valence-electron chi connectivity index (χ4n) is 3.96. The van der Waals surface area contributed by atoms with Crippen LogP contribution in [0.4, 0.5) is 15.2 Å². The Bertz CT molecular complexity index is 1330. The monoisotopic (exact) mass is 499 g/mol. The first-order valence-electron chi connectivity index (χ1n) is 11.5. The van der Waals surface area contributed by atoms with E-state index in [1.165, 1.54) is 41.4 Å². The number of benzene rings is 3. The molecule has 1 N–H and O–H groups in total. The van der Waals surface area contributed by atoms with Crippen LogP contribution in [-0.2, 0) is 15.0 Å². The Labute approximate surface area is 213 Å². The summed E-state index contributed by atoms with van der Waals surface area (Å²) in [5.74, 6) is -1.14. The fraction of sp³-hybridized carbons (Fsp3) is 0.138. The minimum absolute atomic E-state index is 0.133. The molecule has 0 aliphatic carbocycles. The topological polar surface area (TPSA) is 62.3 Å². The predicted molar refractivity (Wildman–Crippen MR) is 143 cm³/mol. The van der Waals surface area contributed by atoms with E-state index in [-0.39, 0.29) is 17.5 Å². The fourth-order valence-corrected chi connectivity index (χ4v) is 4.81. The molecule has 3 aromatic carbocycles. The van der Waals surface area contributed by atoms with Gasteiger partial charge in [0.05, 0.1) is 11.4 Å². The molecule has 36 heavy (non-hydrogen) atoms. The van der Waals surface area contributed by atoms with Crippen LogP contribution in [0.5, 0.6) is 0 Å². The van der Waals surface area contributed by atoms with Gasteiger partial charge in [0, 0.05) is 30.3 Å². The van der Waals surface area contributed by atoms with E-state index in [4.69, 9.17) is 0 Å². The zero-order valence-corrected chi connectivity index (χ0v) is 20.8. The van der Waals surface area contributed by atoms with Gasteiger partial charge in [-0.1, -0.05) is 72.8 Å². The quantitative estimate of drug-likeness (QED) is 0.298. The van der Waals surface area contributed by atoms with Gasteiger partial charge in [-0.25, -0.2) is 9.37 Å². The number of rotatable bonds is 8. The van der Waals surface area contributed by atoms with Crippen molar-refractivity contribution in [3.05, 3.63) is 119 Å². The van der Waals surface area contributed by atoms with Gasteiger partial charge in [0.15, 0.2) is 5.13 Å². The maximum atomic E-state index is 14.3. The summed E-state index contributed by atoms with van der Waals surface area (Å²) in [4.78, 5) is 30.6. The minimum Gasteiger partial charge on any atom is -0.351 e. The van der Waals surface area contributed by atoms with Crippen molar-refractivity contribution < 1.29 is 14.0 Å². The lowest BCUT2D eigenvalue weighted by atomic mass is 9.76. The van der Waals surface area contributed by atoms with E-state index < -0.39 is 11.2 Å². The van der Waals surface area contributed by atoms with Crippen LogP contribution in [0.1, 0.15) is 30.7 Å². The van der Waals surface area contributed by atoms with E-state index in [1.807, 2.05) is 36.4 Å². The molecule has 0 saturated heterocycles. The van der Waals surface area contributed by atoms with Crippen LogP contribution in [0.15, 0.2) is 96.4 Å². The van der Waals surface area contributed by atoms with Crippen LogP contribution in [0.2, 0.25) is 0 Å². The largest absolute Gasteiger partial charge is 0.351 e. The highest BCUT2D eigenvalue weighted by Crippen LogP contribution is 2.32. The van der Waals surface area contributed by atoms with Crippen LogP contribution in [0, 0.1) is 5.82 Å². The van der Waals surface area contributed by atoms with Gasteiger partial charge in [0.2, 0.25) is 11.8 Å². The summed E-state index contributed by atoms with van der Waals surface area (Å²) in [5.41, 5.74) is 2.42. The SMILES string of the molecule is CC(=O)N(c1nc(/C=C/C(=O)NCC(C)(c2ccccc2)c2ccccc2)cs1)c1ccccc1F. The minimum atomic E-state index is -0.515. The molecule has 2 amide bonds. The number of thiazole rings is 1. The number of hydrogen-bond acceptors (Lipinski definition) is 4. The van der Waals surface area contributed by atoms with Crippen molar-refractivity contribution in [1.82, 2.24) is 10.3 Å². The molecule has 4 rings (SSSR count). The van der Waals surface area contributed by atoms with Crippen molar-refractivity contribution in [1.29, 1.82) is 0 Å². The number of hydrogen-bond donors (Lipinski definition) is 1. The molecule has 0 aliphatic heterocycles. The van der Waals surface area contributed by atoms with Crippen LogP contribution >= 0.6 is 11.3 Å². The first kappa shape index (κ1) is 25.0. The van der Waals surface area contributed by atoms with Gasteiger partial charge in [-0.3, -0.25) is 14.5 Å². The third-order valence-corrected chi connectivity index (χ3v) is 6.80. The maximum absolute atomic E-state index is 14.3. The number of halogens is 1. The van der Waals surface area contributed by atoms with E-state index in [2.05, 4.69) is 41.5 Å². The van der Waals surface area contributed by atoms with E-state index in [1.54, 1.807) is 23.6 Å². The van der Waals surface area contributed by atoms with Crippen molar-refractivity contribution >= 4 is 40.0 Å². The van der Waals surface area contributed by atoms with Crippen molar-refractivity contribution in [3.8, 4) is 0 Å². The van der Waals surface area contributed by atoms with Gasteiger partial charge in [-0.15, -0.1) is 11.3 Å².